The number of hydrogen-bond donors (Lipinski definition) is 1. The third-order valence-electron chi connectivity index (χ3n) is 3.15. The highest BCUT2D eigenvalue weighted by Crippen LogP contribution is 2.28. The summed E-state index contributed by atoms with van der Waals surface area (Å²) in [6.45, 7) is 0. The summed E-state index contributed by atoms with van der Waals surface area (Å²) < 4.78 is 14.1. The van der Waals surface area contributed by atoms with Gasteiger partial charge in [-0.25, -0.2) is 4.39 Å². The van der Waals surface area contributed by atoms with Crippen molar-refractivity contribution in [3.8, 4) is 0 Å². The first kappa shape index (κ1) is 12.6. The number of anilines is 1. The van der Waals surface area contributed by atoms with Crippen molar-refractivity contribution >= 4 is 27.5 Å². The van der Waals surface area contributed by atoms with Gasteiger partial charge in [0, 0.05) is 10.9 Å². The first-order valence-corrected chi connectivity index (χ1v) is 6.69. The highest BCUT2D eigenvalue weighted by molar-refractivity contribution is 9.10. The number of amides is 1. The molecule has 92 valence electrons. The van der Waals surface area contributed by atoms with Crippen LogP contribution >= 0.6 is 15.9 Å². The van der Waals surface area contributed by atoms with Gasteiger partial charge in [0.2, 0.25) is 5.91 Å². The minimum atomic E-state index is -0.404. The third-order valence-corrected chi connectivity index (χ3v) is 3.65. The fourth-order valence-electron chi connectivity index (χ4n) is 2.27. The topological polar surface area (TPSA) is 29.1 Å². The quantitative estimate of drug-likeness (QED) is 0.894. The molecular weight excluding hydrogens is 285 g/mol. The van der Waals surface area contributed by atoms with Crippen LogP contribution in [-0.4, -0.2) is 5.91 Å². The number of nitrogens with one attached hydrogen (secondary N) is 1. The van der Waals surface area contributed by atoms with Gasteiger partial charge < -0.3 is 5.32 Å². The van der Waals surface area contributed by atoms with Crippen LogP contribution in [0.2, 0.25) is 0 Å². The SMILES string of the molecule is O=C(CC1CCCC1)Nc1ccc(Br)cc1F. The van der Waals surface area contributed by atoms with Crippen LogP contribution in [0.5, 0.6) is 0 Å². The van der Waals surface area contributed by atoms with Crippen molar-refractivity contribution in [1.29, 1.82) is 0 Å². The zero-order valence-corrected chi connectivity index (χ0v) is 11.1. The van der Waals surface area contributed by atoms with E-state index in [1.807, 2.05) is 0 Å². The van der Waals surface area contributed by atoms with Crippen LogP contribution in [0.4, 0.5) is 10.1 Å². The van der Waals surface area contributed by atoms with E-state index in [-0.39, 0.29) is 11.6 Å². The number of carbonyl (C=O) groups is 1. The van der Waals surface area contributed by atoms with Gasteiger partial charge in [-0.1, -0.05) is 28.8 Å². The number of rotatable bonds is 3. The lowest BCUT2D eigenvalue weighted by Crippen LogP contribution is -2.15. The predicted octanol–water partition coefficient (Wildman–Crippen LogP) is 4.11. The lowest BCUT2D eigenvalue weighted by Gasteiger charge is -2.10. The van der Waals surface area contributed by atoms with E-state index in [0.29, 0.717) is 16.8 Å². The highest BCUT2D eigenvalue weighted by Gasteiger charge is 2.18. The molecule has 2 rings (SSSR count). The normalized spacial score (nSPS) is 16.1. The minimum Gasteiger partial charge on any atom is -0.324 e. The van der Waals surface area contributed by atoms with Crippen LogP contribution in [0.25, 0.3) is 0 Å². The van der Waals surface area contributed by atoms with E-state index in [4.69, 9.17) is 0 Å². The van der Waals surface area contributed by atoms with Gasteiger partial charge in [0.05, 0.1) is 5.69 Å². The Balaban J connectivity index is 1.93. The Kier molecular flexibility index (Phi) is 4.15. The smallest absolute Gasteiger partial charge is 0.224 e. The first-order valence-electron chi connectivity index (χ1n) is 5.90. The van der Waals surface area contributed by atoms with Crippen molar-refractivity contribution in [1.82, 2.24) is 0 Å². The van der Waals surface area contributed by atoms with Crippen molar-refractivity contribution in [2.24, 2.45) is 5.92 Å². The molecule has 0 bridgehead atoms. The second kappa shape index (κ2) is 5.63. The van der Waals surface area contributed by atoms with Gasteiger partial charge in [0.1, 0.15) is 5.82 Å². The molecule has 0 heterocycles. The molecule has 1 amide bonds. The maximum absolute atomic E-state index is 13.5. The summed E-state index contributed by atoms with van der Waals surface area (Å²) in [6.07, 6.45) is 5.18. The van der Waals surface area contributed by atoms with Gasteiger partial charge in [-0.15, -0.1) is 0 Å². The van der Waals surface area contributed by atoms with Crippen LogP contribution in [0.1, 0.15) is 32.1 Å². The Hall–Kier alpha value is -0.900. The summed E-state index contributed by atoms with van der Waals surface area (Å²) in [5.41, 5.74) is 0.260. The zero-order chi connectivity index (χ0) is 12.3. The molecule has 1 aromatic rings. The maximum atomic E-state index is 13.5. The van der Waals surface area contributed by atoms with E-state index >= 15 is 0 Å². The number of carbonyl (C=O) groups excluding carboxylic acids is 1. The van der Waals surface area contributed by atoms with Crippen molar-refractivity contribution in [3.05, 3.63) is 28.5 Å². The molecule has 1 saturated carbocycles. The Labute approximate surface area is 109 Å². The molecular formula is C13H15BrFNO. The monoisotopic (exact) mass is 299 g/mol. The lowest BCUT2D eigenvalue weighted by atomic mass is 10.0. The van der Waals surface area contributed by atoms with Crippen molar-refractivity contribution < 1.29 is 9.18 Å². The van der Waals surface area contributed by atoms with Crippen LogP contribution in [0, 0.1) is 11.7 Å². The number of benzene rings is 1. The summed E-state index contributed by atoms with van der Waals surface area (Å²) in [5.74, 6) is -0.00854. The van der Waals surface area contributed by atoms with Crippen LogP contribution in [0.15, 0.2) is 22.7 Å². The third kappa shape index (κ3) is 3.53. The number of halogens is 2. The molecule has 1 aromatic carbocycles. The van der Waals surface area contributed by atoms with E-state index in [0.717, 1.165) is 12.8 Å². The molecule has 0 radical (unpaired) electrons. The molecule has 17 heavy (non-hydrogen) atoms. The summed E-state index contributed by atoms with van der Waals surface area (Å²) in [7, 11) is 0. The predicted molar refractivity (Wildman–Crippen MR) is 69.3 cm³/mol. The Morgan fingerprint density at radius 3 is 2.76 bits per heavy atom. The second-order valence-corrected chi connectivity index (χ2v) is 5.44. The molecule has 0 aliphatic heterocycles. The van der Waals surface area contributed by atoms with Gasteiger partial charge in [-0.05, 0) is 37.0 Å². The standard InChI is InChI=1S/C13H15BrFNO/c14-10-5-6-12(11(15)8-10)16-13(17)7-9-3-1-2-4-9/h5-6,8-9H,1-4,7H2,(H,16,17). The van der Waals surface area contributed by atoms with E-state index < -0.39 is 5.82 Å². The summed E-state index contributed by atoms with van der Waals surface area (Å²) in [6, 6.07) is 4.64. The van der Waals surface area contributed by atoms with Gasteiger partial charge in [-0.3, -0.25) is 4.79 Å². The summed E-state index contributed by atoms with van der Waals surface area (Å²) >= 11 is 3.18. The average molecular weight is 300 g/mol. The van der Waals surface area contributed by atoms with E-state index in [2.05, 4.69) is 21.2 Å². The lowest BCUT2D eigenvalue weighted by molar-refractivity contribution is -0.117. The average Bonchev–Trinajstić information content (AvgIpc) is 2.75. The molecule has 0 spiro atoms. The van der Waals surface area contributed by atoms with Crippen molar-refractivity contribution in [3.63, 3.8) is 0 Å². The van der Waals surface area contributed by atoms with Crippen LogP contribution in [0.3, 0.4) is 0 Å². The number of hydrogen-bond acceptors (Lipinski definition) is 1. The molecule has 1 N–H and O–H groups in total. The fraction of sp³-hybridized carbons (Fsp3) is 0.462. The van der Waals surface area contributed by atoms with Crippen LogP contribution < -0.4 is 5.32 Å². The first-order chi connectivity index (χ1) is 8.15. The van der Waals surface area contributed by atoms with E-state index in [1.165, 1.54) is 18.9 Å². The molecule has 0 aromatic heterocycles. The molecule has 2 nitrogen and oxygen atoms in total. The Bertz CT molecular complexity index is 416. The van der Waals surface area contributed by atoms with Crippen molar-refractivity contribution in [2.75, 3.05) is 5.32 Å². The van der Waals surface area contributed by atoms with Gasteiger partial charge in [-0.2, -0.15) is 0 Å². The van der Waals surface area contributed by atoms with Crippen LogP contribution in [-0.2, 0) is 4.79 Å². The summed E-state index contributed by atoms with van der Waals surface area (Å²) in [5, 5.41) is 2.63. The van der Waals surface area contributed by atoms with Crippen molar-refractivity contribution in [2.45, 2.75) is 32.1 Å². The molecule has 1 aliphatic rings. The second-order valence-electron chi connectivity index (χ2n) is 4.53. The van der Waals surface area contributed by atoms with E-state index in [1.54, 1.807) is 12.1 Å². The molecule has 0 saturated heterocycles. The molecule has 1 fully saturated rings. The van der Waals surface area contributed by atoms with Gasteiger partial charge >= 0.3 is 0 Å². The Morgan fingerprint density at radius 1 is 1.41 bits per heavy atom. The largest absolute Gasteiger partial charge is 0.324 e. The fourth-order valence-corrected chi connectivity index (χ4v) is 2.60. The molecule has 4 heteroatoms. The zero-order valence-electron chi connectivity index (χ0n) is 9.51. The maximum Gasteiger partial charge on any atom is 0.224 e. The highest BCUT2D eigenvalue weighted by atomic mass is 79.9. The molecule has 0 unspecified atom stereocenters. The Morgan fingerprint density at radius 2 is 2.12 bits per heavy atom. The molecule has 0 atom stereocenters. The summed E-state index contributed by atoms with van der Waals surface area (Å²) in [4.78, 5) is 11.7. The van der Waals surface area contributed by atoms with Gasteiger partial charge in [0.25, 0.3) is 0 Å². The van der Waals surface area contributed by atoms with E-state index in [9.17, 15) is 9.18 Å². The minimum absolute atomic E-state index is 0.0851. The van der Waals surface area contributed by atoms with Gasteiger partial charge in [0.15, 0.2) is 0 Å². The molecule has 1 aliphatic carbocycles.